The van der Waals surface area contributed by atoms with E-state index < -0.39 is 6.04 Å². The summed E-state index contributed by atoms with van der Waals surface area (Å²) in [5.41, 5.74) is 9.91. The monoisotopic (exact) mass is 429 g/mol. The first-order valence-electron chi connectivity index (χ1n) is 10.5. The Morgan fingerprint density at radius 1 is 1.13 bits per heavy atom. The second-order valence-corrected chi connectivity index (χ2v) is 8.74. The predicted octanol–water partition coefficient (Wildman–Crippen LogP) is 4.19. The summed E-state index contributed by atoms with van der Waals surface area (Å²) >= 11 is 1.76. The summed E-state index contributed by atoms with van der Waals surface area (Å²) in [5, 5.41) is 5.88. The fourth-order valence-corrected chi connectivity index (χ4v) is 5.00. The van der Waals surface area contributed by atoms with Crippen molar-refractivity contribution in [3.8, 4) is 0 Å². The number of rotatable bonds is 11. The van der Waals surface area contributed by atoms with Gasteiger partial charge in [-0.3, -0.25) is 19.7 Å². The molecule has 0 saturated carbocycles. The van der Waals surface area contributed by atoms with Crippen molar-refractivity contribution in [3.05, 3.63) is 39.8 Å². The van der Waals surface area contributed by atoms with Crippen LogP contribution < -0.4 is 5.32 Å². The predicted molar refractivity (Wildman–Crippen MR) is 115 cm³/mol. The van der Waals surface area contributed by atoms with Crippen molar-refractivity contribution < 1.29 is 14.4 Å². The molecule has 3 amide bonds. The first-order valence-corrected chi connectivity index (χ1v) is 11.5. The van der Waals surface area contributed by atoms with E-state index in [1.165, 1.54) is 6.42 Å². The average molecular weight is 430 g/mol. The number of amides is 3. The van der Waals surface area contributed by atoms with E-state index in [9.17, 15) is 14.4 Å². The van der Waals surface area contributed by atoms with E-state index in [0.29, 0.717) is 25.1 Å². The molecule has 1 unspecified atom stereocenters. The summed E-state index contributed by atoms with van der Waals surface area (Å²) in [6.07, 6.45) is 7.29. The number of unbranched alkanes of at least 4 members (excludes halogenated alkanes) is 5. The lowest BCUT2D eigenvalue weighted by Crippen LogP contribution is -2.52. The maximum atomic E-state index is 12.8. The molecule has 30 heavy (non-hydrogen) atoms. The second kappa shape index (κ2) is 11.0. The Bertz CT molecular complexity index is 853. The molecule has 1 fully saturated rings. The molecular formula is C21H27N5O3S. The minimum absolute atomic E-state index is 0.123. The first-order chi connectivity index (χ1) is 14.6. The van der Waals surface area contributed by atoms with Crippen LogP contribution in [0.2, 0.25) is 0 Å². The van der Waals surface area contributed by atoms with Crippen LogP contribution in [0.25, 0.3) is 10.4 Å². The smallest absolute Gasteiger partial charge is 0.255 e. The van der Waals surface area contributed by atoms with E-state index in [2.05, 4.69) is 15.3 Å². The van der Waals surface area contributed by atoms with Crippen LogP contribution in [0.4, 0.5) is 0 Å². The van der Waals surface area contributed by atoms with E-state index in [4.69, 9.17) is 5.53 Å². The Balaban J connectivity index is 1.46. The molecule has 0 bridgehead atoms. The molecule has 1 saturated heterocycles. The molecule has 0 radical (unpaired) electrons. The van der Waals surface area contributed by atoms with Crippen LogP contribution in [0.15, 0.2) is 28.2 Å². The molecule has 0 spiro atoms. The summed E-state index contributed by atoms with van der Waals surface area (Å²) in [5.74, 6) is 0.220. The zero-order chi connectivity index (χ0) is 21.3. The fourth-order valence-electron chi connectivity index (χ4n) is 3.91. The van der Waals surface area contributed by atoms with Crippen LogP contribution in [0, 0.1) is 0 Å². The van der Waals surface area contributed by atoms with E-state index in [-0.39, 0.29) is 24.1 Å². The number of hydrogen-bond acceptors (Lipinski definition) is 5. The number of hydrogen-bond donors (Lipinski definition) is 1. The van der Waals surface area contributed by atoms with Crippen LogP contribution in [-0.2, 0) is 16.1 Å². The number of nitrogens with one attached hydrogen (secondary N) is 1. The van der Waals surface area contributed by atoms with Gasteiger partial charge in [-0.05, 0) is 48.2 Å². The van der Waals surface area contributed by atoms with Gasteiger partial charge in [0.05, 0.1) is 0 Å². The van der Waals surface area contributed by atoms with Gasteiger partial charge >= 0.3 is 0 Å². The van der Waals surface area contributed by atoms with Crippen LogP contribution in [0.3, 0.4) is 0 Å². The van der Waals surface area contributed by atoms with Gasteiger partial charge in [0.15, 0.2) is 0 Å². The quantitative estimate of drug-likeness (QED) is 0.142. The number of carbonyl (C=O) groups excluding carboxylic acids is 3. The van der Waals surface area contributed by atoms with Gasteiger partial charge in [0, 0.05) is 34.9 Å². The second-order valence-electron chi connectivity index (χ2n) is 7.61. The van der Waals surface area contributed by atoms with Crippen molar-refractivity contribution >= 4 is 29.5 Å². The van der Waals surface area contributed by atoms with Crippen molar-refractivity contribution in [1.82, 2.24) is 10.2 Å². The lowest BCUT2D eigenvalue weighted by Gasteiger charge is -2.29. The summed E-state index contributed by atoms with van der Waals surface area (Å²) in [6.45, 7) is 1.01. The number of azide groups is 1. The van der Waals surface area contributed by atoms with Gasteiger partial charge in [0.2, 0.25) is 11.8 Å². The number of nitrogens with zero attached hydrogens (tertiary/aromatic N) is 4. The van der Waals surface area contributed by atoms with Crippen molar-refractivity contribution in [1.29, 1.82) is 0 Å². The zero-order valence-corrected chi connectivity index (χ0v) is 17.8. The summed E-state index contributed by atoms with van der Waals surface area (Å²) in [4.78, 5) is 41.9. The van der Waals surface area contributed by atoms with E-state index >= 15 is 0 Å². The molecule has 2 aliphatic rings. The largest absolute Gasteiger partial charge is 0.322 e. The molecule has 3 rings (SSSR count). The Morgan fingerprint density at radius 2 is 1.90 bits per heavy atom. The minimum Gasteiger partial charge on any atom is -0.322 e. The highest BCUT2D eigenvalue weighted by Gasteiger charge is 2.39. The Kier molecular flexibility index (Phi) is 8.16. The number of thioether (sulfide) groups is 1. The highest BCUT2D eigenvalue weighted by molar-refractivity contribution is 7.99. The van der Waals surface area contributed by atoms with Crippen LogP contribution in [0.5, 0.6) is 0 Å². The average Bonchev–Trinajstić information content (AvgIpc) is 3.07. The van der Waals surface area contributed by atoms with E-state index in [1.807, 2.05) is 18.2 Å². The Morgan fingerprint density at radius 3 is 2.67 bits per heavy atom. The molecule has 2 aliphatic heterocycles. The van der Waals surface area contributed by atoms with Crippen LogP contribution in [0.1, 0.15) is 67.3 Å². The maximum Gasteiger partial charge on any atom is 0.255 e. The lowest BCUT2D eigenvalue weighted by molar-refractivity contribution is -0.136. The molecule has 2 heterocycles. The molecule has 8 nitrogen and oxygen atoms in total. The zero-order valence-electron chi connectivity index (χ0n) is 17.0. The number of benzene rings is 1. The molecule has 1 N–H and O–H groups in total. The van der Waals surface area contributed by atoms with Gasteiger partial charge in [-0.1, -0.05) is 36.9 Å². The molecule has 1 atom stereocenters. The van der Waals surface area contributed by atoms with Gasteiger partial charge in [-0.2, -0.15) is 0 Å². The topological polar surface area (TPSA) is 115 Å². The Hall–Kier alpha value is -2.51. The standard InChI is InChI=1S/C21H27N5O3S/c22-25-23-12-5-3-1-2-4-6-13-30-18-9-7-8-15-16(18)14-26(21(15)29)17-10-11-19(27)24-20(17)28/h7-9,17H,1-6,10-14H2,(H,24,27,28). The highest BCUT2D eigenvalue weighted by Crippen LogP contribution is 2.34. The molecular weight excluding hydrogens is 402 g/mol. The van der Waals surface area contributed by atoms with Crippen molar-refractivity contribution in [2.75, 3.05) is 12.3 Å². The van der Waals surface area contributed by atoms with Gasteiger partial charge in [-0.15, -0.1) is 11.8 Å². The van der Waals surface area contributed by atoms with E-state index in [1.54, 1.807) is 16.7 Å². The highest BCUT2D eigenvalue weighted by atomic mass is 32.2. The number of fused-ring (bicyclic) bond motifs is 1. The number of carbonyl (C=O) groups is 3. The molecule has 1 aromatic carbocycles. The molecule has 1 aromatic rings. The van der Waals surface area contributed by atoms with E-state index in [0.717, 1.165) is 48.3 Å². The maximum absolute atomic E-state index is 12.8. The number of imide groups is 1. The summed E-state index contributed by atoms with van der Waals surface area (Å²) in [6, 6.07) is 5.19. The number of piperidine rings is 1. The van der Waals surface area contributed by atoms with Crippen molar-refractivity contribution in [2.45, 2.75) is 68.8 Å². The van der Waals surface area contributed by atoms with Gasteiger partial charge in [-0.25, -0.2) is 0 Å². The van der Waals surface area contributed by atoms with Crippen LogP contribution >= 0.6 is 11.8 Å². The normalized spacial score (nSPS) is 18.2. The van der Waals surface area contributed by atoms with Crippen molar-refractivity contribution in [3.63, 3.8) is 0 Å². The van der Waals surface area contributed by atoms with Crippen LogP contribution in [-0.4, -0.2) is 41.0 Å². The third-order valence-electron chi connectivity index (χ3n) is 5.51. The summed E-state index contributed by atoms with van der Waals surface area (Å²) in [7, 11) is 0. The third-order valence-corrected chi connectivity index (χ3v) is 6.70. The minimum atomic E-state index is -0.570. The third kappa shape index (κ3) is 5.55. The summed E-state index contributed by atoms with van der Waals surface area (Å²) < 4.78 is 0. The SMILES string of the molecule is [N-]=[N+]=NCCCCCCCCSc1cccc2c1CN(C1CCC(=O)NC1=O)C2=O. The van der Waals surface area contributed by atoms with Gasteiger partial charge in [0.1, 0.15) is 6.04 Å². The molecule has 160 valence electrons. The first kappa shape index (κ1) is 22.2. The van der Waals surface area contributed by atoms with Crippen molar-refractivity contribution in [2.24, 2.45) is 5.11 Å². The molecule has 9 heteroatoms. The Labute approximate surface area is 180 Å². The molecule has 0 aliphatic carbocycles. The van der Waals surface area contributed by atoms with Gasteiger partial charge < -0.3 is 4.90 Å². The molecule has 0 aromatic heterocycles. The lowest BCUT2D eigenvalue weighted by atomic mass is 10.0. The fraction of sp³-hybridized carbons (Fsp3) is 0.571. The van der Waals surface area contributed by atoms with Gasteiger partial charge in [0.25, 0.3) is 5.91 Å².